The summed E-state index contributed by atoms with van der Waals surface area (Å²) in [5.41, 5.74) is 2.70. The number of benzene rings is 2. The van der Waals surface area contributed by atoms with Gasteiger partial charge in [-0.1, -0.05) is 0 Å². The molecular formula is C20H16N2O4S2. The first kappa shape index (κ1) is 18.5. The molecule has 1 aliphatic rings. The van der Waals surface area contributed by atoms with Crippen molar-refractivity contribution in [2.24, 2.45) is 0 Å². The molecule has 2 aromatic carbocycles. The zero-order valence-electron chi connectivity index (χ0n) is 14.9. The molecule has 0 saturated carbocycles. The molecule has 1 aliphatic heterocycles. The maximum Gasteiger partial charge on any atom is 0.338 e. The van der Waals surface area contributed by atoms with E-state index in [2.05, 4.69) is 10.3 Å². The maximum absolute atomic E-state index is 12.4. The Balaban J connectivity index is 1.40. The molecule has 6 nitrogen and oxygen atoms in total. The Morgan fingerprint density at radius 1 is 1.21 bits per heavy atom. The predicted molar refractivity (Wildman–Crippen MR) is 109 cm³/mol. The highest BCUT2D eigenvalue weighted by atomic mass is 32.2. The second-order valence-electron chi connectivity index (χ2n) is 6.00. The zero-order valence-corrected chi connectivity index (χ0v) is 16.6. The molecular weight excluding hydrogens is 396 g/mol. The SMILES string of the molecule is COc1ccc(-c2nc(COC(=O)c3ccc4c(c3)NC(=O)CS4)cs2)cc1. The summed E-state index contributed by atoms with van der Waals surface area (Å²) in [4.78, 5) is 29.3. The Morgan fingerprint density at radius 2 is 2.04 bits per heavy atom. The van der Waals surface area contributed by atoms with Gasteiger partial charge in [0, 0.05) is 15.8 Å². The molecule has 0 unspecified atom stereocenters. The lowest BCUT2D eigenvalue weighted by molar-refractivity contribution is -0.113. The van der Waals surface area contributed by atoms with Crippen molar-refractivity contribution in [2.75, 3.05) is 18.2 Å². The van der Waals surface area contributed by atoms with E-state index in [1.807, 2.05) is 35.7 Å². The Labute approximate surface area is 169 Å². The van der Waals surface area contributed by atoms with Gasteiger partial charge in [-0.05, 0) is 42.5 Å². The van der Waals surface area contributed by atoms with Crippen molar-refractivity contribution in [1.29, 1.82) is 0 Å². The molecule has 4 rings (SSSR count). The summed E-state index contributed by atoms with van der Waals surface area (Å²) in [6.07, 6.45) is 0. The van der Waals surface area contributed by atoms with Gasteiger partial charge in [-0.15, -0.1) is 23.1 Å². The number of ether oxygens (including phenoxy) is 2. The number of nitrogens with one attached hydrogen (secondary N) is 1. The van der Waals surface area contributed by atoms with Crippen LogP contribution in [0, 0.1) is 0 Å². The van der Waals surface area contributed by atoms with Gasteiger partial charge in [0.05, 0.1) is 29.8 Å². The molecule has 0 aliphatic carbocycles. The fourth-order valence-electron chi connectivity index (χ4n) is 2.67. The number of hydrogen-bond acceptors (Lipinski definition) is 7. The molecule has 142 valence electrons. The van der Waals surface area contributed by atoms with Crippen LogP contribution >= 0.6 is 23.1 Å². The number of carbonyl (C=O) groups excluding carboxylic acids is 2. The number of aromatic nitrogens is 1. The molecule has 0 bridgehead atoms. The summed E-state index contributed by atoms with van der Waals surface area (Å²) < 4.78 is 10.5. The van der Waals surface area contributed by atoms with E-state index in [0.29, 0.717) is 22.7 Å². The van der Waals surface area contributed by atoms with Gasteiger partial charge in [0.15, 0.2) is 0 Å². The maximum atomic E-state index is 12.4. The van der Waals surface area contributed by atoms with E-state index in [1.165, 1.54) is 23.1 Å². The highest BCUT2D eigenvalue weighted by Crippen LogP contribution is 2.32. The molecule has 8 heteroatoms. The van der Waals surface area contributed by atoms with Crippen LogP contribution in [0.4, 0.5) is 5.69 Å². The van der Waals surface area contributed by atoms with Crippen molar-refractivity contribution in [2.45, 2.75) is 11.5 Å². The number of nitrogens with zero attached hydrogens (tertiary/aromatic N) is 1. The Bertz CT molecular complexity index is 1030. The first-order valence-corrected chi connectivity index (χ1v) is 10.3. The van der Waals surface area contributed by atoms with Crippen LogP contribution in [-0.2, 0) is 16.1 Å². The number of carbonyl (C=O) groups is 2. The van der Waals surface area contributed by atoms with E-state index < -0.39 is 5.97 Å². The van der Waals surface area contributed by atoms with E-state index in [1.54, 1.807) is 19.2 Å². The fourth-order valence-corrected chi connectivity index (χ4v) is 4.27. The molecule has 1 N–H and O–H groups in total. The first-order valence-electron chi connectivity index (χ1n) is 8.45. The van der Waals surface area contributed by atoms with E-state index >= 15 is 0 Å². The highest BCUT2D eigenvalue weighted by molar-refractivity contribution is 8.00. The third-order valence-corrected chi connectivity index (χ3v) is 6.10. The largest absolute Gasteiger partial charge is 0.497 e. The van der Waals surface area contributed by atoms with Crippen LogP contribution < -0.4 is 10.1 Å². The minimum Gasteiger partial charge on any atom is -0.497 e. The van der Waals surface area contributed by atoms with Gasteiger partial charge in [0.25, 0.3) is 0 Å². The summed E-state index contributed by atoms with van der Waals surface area (Å²) >= 11 is 2.94. The van der Waals surface area contributed by atoms with E-state index in [-0.39, 0.29) is 12.5 Å². The Kier molecular flexibility index (Phi) is 5.31. The second-order valence-corrected chi connectivity index (χ2v) is 7.87. The number of thiazole rings is 1. The van der Waals surface area contributed by atoms with Crippen LogP contribution in [-0.4, -0.2) is 29.7 Å². The van der Waals surface area contributed by atoms with E-state index in [9.17, 15) is 9.59 Å². The number of rotatable bonds is 5. The second kappa shape index (κ2) is 8.04. The lowest BCUT2D eigenvalue weighted by atomic mass is 10.2. The minimum absolute atomic E-state index is 0.0726. The van der Waals surface area contributed by atoms with Crippen molar-refractivity contribution in [3.05, 3.63) is 59.1 Å². The minimum atomic E-state index is -0.452. The topological polar surface area (TPSA) is 77.5 Å². The number of esters is 1. The highest BCUT2D eigenvalue weighted by Gasteiger charge is 2.18. The van der Waals surface area contributed by atoms with Crippen LogP contribution in [0.3, 0.4) is 0 Å². The molecule has 0 fully saturated rings. The van der Waals surface area contributed by atoms with Crippen molar-refractivity contribution >= 4 is 40.7 Å². The zero-order chi connectivity index (χ0) is 19.5. The smallest absolute Gasteiger partial charge is 0.338 e. The monoisotopic (exact) mass is 412 g/mol. The van der Waals surface area contributed by atoms with E-state index in [4.69, 9.17) is 9.47 Å². The van der Waals surface area contributed by atoms with Crippen LogP contribution in [0.15, 0.2) is 52.7 Å². The molecule has 1 aromatic heterocycles. The lowest BCUT2D eigenvalue weighted by Gasteiger charge is -2.16. The van der Waals surface area contributed by atoms with Crippen molar-refractivity contribution < 1.29 is 19.1 Å². The van der Waals surface area contributed by atoms with Gasteiger partial charge < -0.3 is 14.8 Å². The molecule has 2 heterocycles. The molecule has 28 heavy (non-hydrogen) atoms. The summed E-state index contributed by atoms with van der Waals surface area (Å²) in [6.45, 7) is 0.0870. The third-order valence-electron chi connectivity index (χ3n) is 4.09. The molecule has 0 atom stereocenters. The molecule has 0 radical (unpaired) electrons. The average molecular weight is 412 g/mol. The van der Waals surface area contributed by atoms with Crippen LogP contribution in [0.2, 0.25) is 0 Å². The lowest BCUT2D eigenvalue weighted by Crippen LogP contribution is -2.19. The van der Waals surface area contributed by atoms with Crippen LogP contribution in [0.1, 0.15) is 16.1 Å². The van der Waals surface area contributed by atoms with Gasteiger partial charge in [0.1, 0.15) is 17.4 Å². The number of anilines is 1. The number of fused-ring (bicyclic) bond motifs is 1. The number of thioether (sulfide) groups is 1. The van der Waals surface area contributed by atoms with E-state index in [0.717, 1.165) is 21.2 Å². The van der Waals surface area contributed by atoms with Gasteiger partial charge in [-0.2, -0.15) is 0 Å². The normalized spacial score (nSPS) is 12.8. The molecule has 0 spiro atoms. The number of hydrogen-bond donors (Lipinski definition) is 1. The fraction of sp³-hybridized carbons (Fsp3) is 0.150. The summed E-state index contributed by atoms with van der Waals surface area (Å²) in [6, 6.07) is 12.8. The molecule has 0 saturated heterocycles. The van der Waals surface area contributed by atoms with Gasteiger partial charge in [-0.3, -0.25) is 4.79 Å². The quantitative estimate of drug-likeness (QED) is 0.632. The summed E-state index contributed by atoms with van der Waals surface area (Å²) in [7, 11) is 1.63. The van der Waals surface area contributed by atoms with Crippen molar-refractivity contribution in [1.82, 2.24) is 4.98 Å². The first-order chi connectivity index (χ1) is 13.6. The number of methoxy groups -OCH3 is 1. The van der Waals surface area contributed by atoms with Crippen LogP contribution in [0.25, 0.3) is 10.6 Å². The predicted octanol–water partition coefficient (Wildman–Crippen LogP) is 4.22. The number of amides is 1. The average Bonchev–Trinajstić information content (AvgIpc) is 3.20. The Hall–Kier alpha value is -2.84. The Morgan fingerprint density at radius 3 is 2.82 bits per heavy atom. The summed E-state index contributed by atoms with van der Waals surface area (Å²) in [5.74, 6) is 0.647. The standard InChI is InChI=1S/C20H16N2O4S2/c1-25-15-5-2-12(3-6-15)19-21-14(10-28-19)9-26-20(24)13-4-7-17-16(8-13)22-18(23)11-27-17/h2-8,10H,9,11H2,1H3,(H,22,23). The molecule has 3 aromatic rings. The van der Waals surface area contributed by atoms with Gasteiger partial charge in [-0.25, -0.2) is 9.78 Å². The van der Waals surface area contributed by atoms with Crippen LogP contribution in [0.5, 0.6) is 5.75 Å². The van der Waals surface area contributed by atoms with Crippen molar-refractivity contribution in [3.8, 4) is 16.3 Å². The summed E-state index contributed by atoms with van der Waals surface area (Å²) in [5, 5.41) is 5.49. The van der Waals surface area contributed by atoms with Gasteiger partial charge in [0.2, 0.25) is 5.91 Å². The third kappa shape index (κ3) is 4.02. The molecule has 1 amide bonds. The van der Waals surface area contributed by atoms with Gasteiger partial charge >= 0.3 is 5.97 Å². The van der Waals surface area contributed by atoms with Crippen molar-refractivity contribution in [3.63, 3.8) is 0 Å².